The molecule has 3 heteroatoms. The number of allylic oxidation sites excluding steroid dienone is 4. The Labute approximate surface area is 103 Å². The smallest absolute Gasteiger partial charge is 0.136 e. The van der Waals surface area contributed by atoms with E-state index in [1.165, 1.54) is 6.20 Å². The van der Waals surface area contributed by atoms with Gasteiger partial charge in [-0.05, 0) is 32.4 Å². The third-order valence-corrected chi connectivity index (χ3v) is 2.18. The number of aliphatic imine (C=N–C) groups is 1. The van der Waals surface area contributed by atoms with Gasteiger partial charge in [-0.2, -0.15) is 0 Å². The van der Waals surface area contributed by atoms with Gasteiger partial charge in [0.25, 0.3) is 0 Å². The highest BCUT2D eigenvalue weighted by atomic mass is 35.5. The van der Waals surface area contributed by atoms with E-state index in [1.54, 1.807) is 7.11 Å². The van der Waals surface area contributed by atoms with E-state index in [0.717, 1.165) is 16.7 Å². The van der Waals surface area contributed by atoms with E-state index in [-0.39, 0.29) is 0 Å². The lowest BCUT2D eigenvalue weighted by molar-refractivity contribution is 0.301. The van der Waals surface area contributed by atoms with Gasteiger partial charge >= 0.3 is 0 Å². The summed E-state index contributed by atoms with van der Waals surface area (Å²) < 4.78 is 5.21. The van der Waals surface area contributed by atoms with E-state index in [0.29, 0.717) is 10.9 Å². The zero-order valence-corrected chi connectivity index (χ0v) is 11.1. The summed E-state index contributed by atoms with van der Waals surface area (Å²) in [5.41, 5.74) is 2.71. The summed E-state index contributed by atoms with van der Waals surface area (Å²) in [7, 11) is 1.60. The molecule has 0 aliphatic carbocycles. The predicted octanol–water partition coefficient (Wildman–Crippen LogP) is 4.21. The first kappa shape index (κ1) is 14.7. The lowest BCUT2D eigenvalue weighted by atomic mass is 10.1. The van der Waals surface area contributed by atoms with Crippen LogP contribution >= 0.6 is 11.6 Å². The van der Waals surface area contributed by atoms with Crippen LogP contribution in [0.5, 0.6) is 0 Å². The number of ether oxygens (including phenoxy) is 1. The fourth-order valence-electron chi connectivity index (χ4n) is 1.05. The standard InChI is InChI=1S/C13H18ClNO/c1-7-15-13(14)11(9(2)3)8-12(16-6)10(4)5/h7-8H,1,4H2,2-3,5-6H3/b12-8+,15-13?. The van der Waals surface area contributed by atoms with Crippen molar-refractivity contribution in [3.8, 4) is 0 Å². The summed E-state index contributed by atoms with van der Waals surface area (Å²) >= 11 is 6.04. The first-order valence-electron chi connectivity index (χ1n) is 4.87. The van der Waals surface area contributed by atoms with Crippen LogP contribution in [0.15, 0.2) is 52.9 Å². The second kappa shape index (κ2) is 7.07. The Bertz CT molecular complexity index is 371. The van der Waals surface area contributed by atoms with E-state index in [1.807, 2.05) is 26.8 Å². The Morgan fingerprint density at radius 3 is 2.19 bits per heavy atom. The first-order valence-corrected chi connectivity index (χ1v) is 5.25. The highest BCUT2D eigenvalue weighted by Crippen LogP contribution is 2.17. The number of rotatable bonds is 5. The van der Waals surface area contributed by atoms with Crippen LogP contribution in [0.4, 0.5) is 0 Å². The molecule has 0 aromatic heterocycles. The van der Waals surface area contributed by atoms with Crippen LogP contribution in [0.25, 0.3) is 0 Å². The molecule has 0 unspecified atom stereocenters. The van der Waals surface area contributed by atoms with Crippen LogP contribution in [0.2, 0.25) is 0 Å². The van der Waals surface area contributed by atoms with Crippen LogP contribution in [0.1, 0.15) is 20.8 Å². The lowest BCUT2D eigenvalue weighted by Gasteiger charge is -2.08. The van der Waals surface area contributed by atoms with Gasteiger partial charge in [-0.15, -0.1) is 0 Å². The van der Waals surface area contributed by atoms with Crippen molar-refractivity contribution in [3.05, 3.63) is 47.9 Å². The molecule has 0 atom stereocenters. The van der Waals surface area contributed by atoms with E-state index in [2.05, 4.69) is 18.2 Å². The summed E-state index contributed by atoms with van der Waals surface area (Å²) in [4.78, 5) is 3.95. The number of hydrogen-bond acceptors (Lipinski definition) is 2. The van der Waals surface area contributed by atoms with Crippen molar-refractivity contribution in [1.82, 2.24) is 0 Å². The topological polar surface area (TPSA) is 21.6 Å². The van der Waals surface area contributed by atoms with Crippen molar-refractivity contribution in [2.24, 2.45) is 4.99 Å². The van der Waals surface area contributed by atoms with E-state index < -0.39 is 0 Å². The molecule has 0 bridgehead atoms. The van der Waals surface area contributed by atoms with Gasteiger partial charge in [-0.3, -0.25) is 0 Å². The van der Waals surface area contributed by atoms with Gasteiger partial charge in [0.05, 0.1) is 7.11 Å². The largest absolute Gasteiger partial charge is 0.496 e. The molecule has 0 saturated carbocycles. The molecule has 0 aromatic carbocycles. The average molecular weight is 240 g/mol. The normalized spacial score (nSPS) is 12.1. The monoisotopic (exact) mass is 239 g/mol. The third-order valence-electron chi connectivity index (χ3n) is 1.88. The van der Waals surface area contributed by atoms with Crippen LogP contribution in [0, 0.1) is 0 Å². The van der Waals surface area contributed by atoms with Crippen molar-refractivity contribution in [1.29, 1.82) is 0 Å². The molecule has 0 saturated heterocycles. The Balaban J connectivity index is 5.44. The summed E-state index contributed by atoms with van der Waals surface area (Å²) in [5.74, 6) is 0.689. The van der Waals surface area contributed by atoms with Gasteiger partial charge in [-0.1, -0.05) is 30.3 Å². The molecule has 0 aliphatic rings. The summed E-state index contributed by atoms with van der Waals surface area (Å²) in [6.45, 7) is 13.1. The molecule has 0 heterocycles. The number of methoxy groups -OCH3 is 1. The van der Waals surface area contributed by atoms with Crippen LogP contribution < -0.4 is 0 Å². The van der Waals surface area contributed by atoms with Crippen LogP contribution in [-0.2, 0) is 4.74 Å². The van der Waals surface area contributed by atoms with Crippen LogP contribution in [0.3, 0.4) is 0 Å². The Morgan fingerprint density at radius 1 is 1.31 bits per heavy atom. The maximum Gasteiger partial charge on any atom is 0.136 e. The Hall–Kier alpha value is -1.28. The molecule has 16 heavy (non-hydrogen) atoms. The van der Waals surface area contributed by atoms with Crippen molar-refractivity contribution >= 4 is 16.8 Å². The molecule has 0 fully saturated rings. The minimum absolute atomic E-state index is 0.394. The van der Waals surface area contributed by atoms with E-state index >= 15 is 0 Å². The van der Waals surface area contributed by atoms with E-state index in [4.69, 9.17) is 16.3 Å². The maximum absolute atomic E-state index is 6.04. The maximum atomic E-state index is 6.04. The minimum Gasteiger partial charge on any atom is -0.496 e. The highest BCUT2D eigenvalue weighted by Gasteiger charge is 2.06. The third kappa shape index (κ3) is 4.49. The lowest BCUT2D eigenvalue weighted by Crippen LogP contribution is -1.97. The SMILES string of the molecule is C=CN=C(Cl)C(/C=C(/OC)C(=C)C)=C(C)C. The van der Waals surface area contributed by atoms with Gasteiger partial charge in [0.1, 0.15) is 10.9 Å². The van der Waals surface area contributed by atoms with Crippen molar-refractivity contribution in [2.45, 2.75) is 20.8 Å². The van der Waals surface area contributed by atoms with Gasteiger partial charge in [0.2, 0.25) is 0 Å². The molecule has 0 aliphatic heterocycles. The molecule has 0 aromatic rings. The quantitative estimate of drug-likeness (QED) is 0.400. The van der Waals surface area contributed by atoms with Crippen molar-refractivity contribution in [3.63, 3.8) is 0 Å². The molecule has 0 rings (SSSR count). The Kier molecular flexibility index (Phi) is 6.50. The molecule has 2 nitrogen and oxygen atoms in total. The van der Waals surface area contributed by atoms with Gasteiger partial charge in [-0.25, -0.2) is 4.99 Å². The predicted molar refractivity (Wildman–Crippen MR) is 71.8 cm³/mol. The summed E-state index contributed by atoms with van der Waals surface area (Å²) in [6.07, 6.45) is 3.24. The fraction of sp³-hybridized carbons (Fsp3) is 0.308. The van der Waals surface area contributed by atoms with Gasteiger partial charge < -0.3 is 4.74 Å². The highest BCUT2D eigenvalue weighted by molar-refractivity contribution is 6.70. The second-order valence-electron chi connectivity index (χ2n) is 3.51. The zero-order chi connectivity index (χ0) is 12.7. The molecular weight excluding hydrogens is 222 g/mol. The number of nitrogens with zero attached hydrogens (tertiary/aromatic N) is 1. The molecule has 0 amide bonds. The van der Waals surface area contributed by atoms with Gasteiger partial charge in [0, 0.05) is 11.8 Å². The second-order valence-corrected chi connectivity index (χ2v) is 3.87. The zero-order valence-electron chi connectivity index (χ0n) is 10.3. The van der Waals surface area contributed by atoms with E-state index in [9.17, 15) is 0 Å². The number of hydrogen-bond donors (Lipinski definition) is 0. The minimum atomic E-state index is 0.394. The van der Waals surface area contributed by atoms with Crippen LogP contribution in [-0.4, -0.2) is 12.3 Å². The molecule has 0 radical (unpaired) electrons. The molecule has 0 N–H and O–H groups in total. The van der Waals surface area contributed by atoms with Gasteiger partial charge in [0.15, 0.2) is 0 Å². The summed E-state index contributed by atoms with van der Waals surface area (Å²) in [6, 6.07) is 0. The average Bonchev–Trinajstić information content (AvgIpc) is 2.18. The number of halogens is 1. The molecule has 88 valence electrons. The first-order chi connectivity index (χ1) is 7.43. The fourth-order valence-corrected chi connectivity index (χ4v) is 1.36. The Morgan fingerprint density at radius 2 is 1.88 bits per heavy atom. The van der Waals surface area contributed by atoms with Crippen molar-refractivity contribution in [2.75, 3.05) is 7.11 Å². The summed E-state index contributed by atoms with van der Waals surface area (Å²) in [5, 5.41) is 0.394. The van der Waals surface area contributed by atoms with Crippen molar-refractivity contribution < 1.29 is 4.74 Å². The molecular formula is C13H18ClNO. The molecule has 0 spiro atoms.